The predicted molar refractivity (Wildman–Crippen MR) is 82.0 cm³/mol. The monoisotopic (exact) mass is 253 g/mol. The van der Waals surface area contributed by atoms with E-state index in [0.717, 1.165) is 5.92 Å². The smallest absolute Gasteiger partial charge is 0.00967 e. The molecule has 0 aromatic rings. The molecule has 0 aromatic carbocycles. The Labute approximate surface area is 115 Å². The Bertz CT molecular complexity index is 218. The lowest BCUT2D eigenvalue weighted by Gasteiger charge is -2.40. The van der Waals surface area contributed by atoms with Gasteiger partial charge in [0.1, 0.15) is 0 Å². The van der Waals surface area contributed by atoms with E-state index in [4.69, 9.17) is 0 Å². The standard InChI is InChI=1S/C17H35N/c1-15(2)10-9-13-17(11-7-6-8-12-17)14-18-16(3,4)5/h15,18H,6-14H2,1-5H3. The van der Waals surface area contributed by atoms with E-state index in [1.54, 1.807) is 0 Å². The van der Waals surface area contributed by atoms with Gasteiger partial charge in [-0.1, -0.05) is 46.0 Å². The molecule has 0 spiro atoms. The fourth-order valence-electron chi connectivity index (χ4n) is 3.15. The Kier molecular flexibility index (Phi) is 6.17. The molecule has 1 N–H and O–H groups in total. The highest BCUT2D eigenvalue weighted by Gasteiger charge is 2.32. The fourth-order valence-corrected chi connectivity index (χ4v) is 3.15. The molecule has 0 radical (unpaired) electrons. The van der Waals surface area contributed by atoms with Gasteiger partial charge < -0.3 is 5.32 Å². The molecule has 1 nitrogen and oxygen atoms in total. The van der Waals surface area contributed by atoms with E-state index in [0.29, 0.717) is 5.41 Å². The summed E-state index contributed by atoms with van der Waals surface area (Å²) in [5.41, 5.74) is 0.878. The Balaban J connectivity index is 2.46. The highest BCUT2D eigenvalue weighted by Crippen LogP contribution is 2.40. The molecular weight excluding hydrogens is 218 g/mol. The van der Waals surface area contributed by atoms with Gasteiger partial charge in [-0.25, -0.2) is 0 Å². The van der Waals surface area contributed by atoms with Crippen molar-refractivity contribution in [2.75, 3.05) is 6.54 Å². The van der Waals surface area contributed by atoms with Gasteiger partial charge in [0.25, 0.3) is 0 Å². The van der Waals surface area contributed by atoms with Gasteiger partial charge in [0.2, 0.25) is 0 Å². The van der Waals surface area contributed by atoms with Gasteiger partial charge in [0, 0.05) is 12.1 Å². The minimum absolute atomic E-state index is 0.266. The molecule has 0 atom stereocenters. The van der Waals surface area contributed by atoms with E-state index in [1.165, 1.54) is 57.9 Å². The molecule has 1 heteroatoms. The van der Waals surface area contributed by atoms with Gasteiger partial charge in [0.05, 0.1) is 0 Å². The van der Waals surface area contributed by atoms with E-state index >= 15 is 0 Å². The summed E-state index contributed by atoms with van der Waals surface area (Å²) in [4.78, 5) is 0. The SMILES string of the molecule is CC(C)CCCC1(CNC(C)(C)C)CCCCC1. The molecular formula is C17H35N. The van der Waals surface area contributed by atoms with Crippen LogP contribution in [0.4, 0.5) is 0 Å². The van der Waals surface area contributed by atoms with Crippen LogP contribution in [0, 0.1) is 11.3 Å². The highest BCUT2D eigenvalue weighted by atomic mass is 15.0. The first-order chi connectivity index (χ1) is 8.33. The lowest BCUT2D eigenvalue weighted by atomic mass is 9.70. The van der Waals surface area contributed by atoms with Crippen molar-refractivity contribution in [3.05, 3.63) is 0 Å². The van der Waals surface area contributed by atoms with Crippen LogP contribution in [0.2, 0.25) is 0 Å². The van der Waals surface area contributed by atoms with Gasteiger partial charge in [-0.05, 0) is 51.4 Å². The van der Waals surface area contributed by atoms with E-state index < -0.39 is 0 Å². The molecule has 1 rings (SSSR count). The number of hydrogen-bond donors (Lipinski definition) is 1. The first-order valence-corrected chi connectivity index (χ1v) is 8.08. The van der Waals surface area contributed by atoms with Crippen LogP contribution >= 0.6 is 0 Å². The Hall–Kier alpha value is -0.0400. The summed E-state index contributed by atoms with van der Waals surface area (Å²) in [6.45, 7) is 12.8. The maximum Gasteiger partial charge on any atom is 0.00967 e. The molecule has 0 aromatic heterocycles. The van der Waals surface area contributed by atoms with Crippen molar-refractivity contribution in [3.8, 4) is 0 Å². The molecule has 1 saturated carbocycles. The van der Waals surface area contributed by atoms with Crippen LogP contribution in [-0.2, 0) is 0 Å². The van der Waals surface area contributed by atoms with Crippen molar-refractivity contribution >= 4 is 0 Å². The zero-order valence-electron chi connectivity index (χ0n) is 13.4. The highest BCUT2D eigenvalue weighted by molar-refractivity contribution is 4.87. The van der Waals surface area contributed by atoms with Gasteiger partial charge >= 0.3 is 0 Å². The number of hydrogen-bond acceptors (Lipinski definition) is 1. The van der Waals surface area contributed by atoms with Gasteiger partial charge in [-0.3, -0.25) is 0 Å². The van der Waals surface area contributed by atoms with Crippen LogP contribution < -0.4 is 5.32 Å². The largest absolute Gasteiger partial charge is 0.312 e. The maximum absolute atomic E-state index is 3.77. The summed E-state index contributed by atoms with van der Waals surface area (Å²) in [5.74, 6) is 0.862. The topological polar surface area (TPSA) is 12.0 Å². The van der Waals surface area contributed by atoms with Crippen LogP contribution in [0.15, 0.2) is 0 Å². The summed E-state index contributed by atoms with van der Waals surface area (Å²) in [6, 6.07) is 0. The summed E-state index contributed by atoms with van der Waals surface area (Å²) < 4.78 is 0. The van der Waals surface area contributed by atoms with Gasteiger partial charge in [-0.15, -0.1) is 0 Å². The van der Waals surface area contributed by atoms with Crippen LogP contribution in [0.3, 0.4) is 0 Å². The Morgan fingerprint density at radius 1 is 1.06 bits per heavy atom. The minimum atomic E-state index is 0.266. The van der Waals surface area contributed by atoms with Crippen molar-refractivity contribution in [2.45, 2.75) is 91.5 Å². The molecule has 0 heterocycles. The first-order valence-electron chi connectivity index (χ1n) is 8.08. The molecule has 0 unspecified atom stereocenters. The van der Waals surface area contributed by atoms with E-state index in [2.05, 4.69) is 39.9 Å². The second-order valence-electron chi connectivity index (χ2n) is 7.95. The number of nitrogens with one attached hydrogen (secondary N) is 1. The lowest BCUT2D eigenvalue weighted by Crippen LogP contribution is -2.44. The predicted octanol–water partition coefficient (Wildman–Crippen LogP) is 5.15. The van der Waals surface area contributed by atoms with Crippen molar-refractivity contribution in [2.24, 2.45) is 11.3 Å². The van der Waals surface area contributed by atoms with Crippen LogP contribution in [0.5, 0.6) is 0 Å². The van der Waals surface area contributed by atoms with E-state index in [1.807, 2.05) is 0 Å². The average molecular weight is 253 g/mol. The molecule has 0 bridgehead atoms. The normalized spacial score (nSPS) is 20.3. The third-order valence-electron chi connectivity index (χ3n) is 4.40. The third kappa shape index (κ3) is 6.22. The second kappa shape index (κ2) is 6.93. The van der Waals surface area contributed by atoms with Crippen molar-refractivity contribution in [3.63, 3.8) is 0 Å². The third-order valence-corrected chi connectivity index (χ3v) is 4.40. The summed E-state index contributed by atoms with van der Waals surface area (Å²) in [6.07, 6.45) is 11.5. The van der Waals surface area contributed by atoms with Crippen LogP contribution in [0.1, 0.15) is 86.0 Å². The molecule has 1 aliphatic carbocycles. The van der Waals surface area contributed by atoms with Crippen LogP contribution in [0.25, 0.3) is 0 Å². The van der Waals surface area contributed by atoms with Crippen molar-refractivity contribution in [1.82, 2.24) is 5.32 Å². The average Bonchev–Trinajstić information content (AvgIpc) is 2.27. The molecule has 0 saturated heterocycles. The zero-order valence-corrected chi connectivity index (χ0v) is 13.4. The molecule has 1 fully saturated rings. The number of rotatable bonds is 6. The molecule has 0 aliphatic heterocycles. The van der Waals surface area contributed by atoms with Gasteiger partial charge in [-0.2, -0.15) is 0 Å². The fraction of sp³-hybridized carbons (Fsp3) is 1.00. The lowest BCUT2D eigenvalue weighted by molar-refractivity contribution is 0.146. The molecule has 0 amide bonds. The van der Waals surface area contributed by atoms with Crippen molar-refractivity contribution < 1.29 is 0 Å². The minimum Gasteiger partial charge on any atom is -0.312 e. The molecule has 18 heavy (non-hydrogen) atoms. The van der Waals surface area contributed by atoms with E-state index in [9.17, 15) is 0 Å². The second-order valence-corrected chi connectivity index (χ2v) is 7.95. The zero-order chi connectivity index (χ0) is 13.6. The summed E-state index contributed by atoms with van der Waals surface area (Å²) in [5, 5.41) is 3.77. The van der Waals surface area contributed by atoms with Crippen molar-refractivity contribution in [1.29, 1.82) is 0 Å². The molecule has 108 valence electrons. The van der Waals surface area contributed by atoms with E-state index in [-0.39, 0.29) is 5.54 Å². The Morgan fingerprint density at radius 3 is 2.17 bits per heavy atom. The first kappa shape index (κ1) is 16.0. The summed E-state index contributed by atoms with van der Waals surface area (Å²) in [7, 11) is 0. The maximum atomic E-state index is 3.77. The Morgan fingerprint density at radius 2 is 1.67 bits per heavy atom. The molecule has 1 aliphatic rings. The van der Waals surface area contributed by atoms with Crippen LogP contribution in [-0.4, -0.2) is 12.1 Å². The quantitative estimate of drug-likeness (QED) is 0.690. The van der Waals surface area contributed by atoms with Gasteiger partial charge in [0.15, 0.2) is 0 Å². The summed E-state index contributed by atoms with van der Waals surface area (Å²) >= 11 is 0.